The largest absolute Gasteiger partial charge is 0.376 e. The summed E-state index contributed by atoms with van der Waals surface area (Å²) in [6, 6.07) is 0.153. The van der Waals surface area contributed by atoms with Gasteiger partial charge in [0.05, 0.1) is 19.3 Å². The zero-order chi connectivity index (χ0) is 14.3. The van der Waals surface area contributed by atoms with Gasteiger partial charge in [-0.2, -0.15) is 0 Å². The van der Waals surface area contributed by atoms with Crippen molar-refractivity contribution in [2.24, 2.45) is 5.73 Å². The average molecular weight is 271 g/mol. The zero-order valence-corrected chi connectivity index (χ0v) is 11.9. The van der Waals surface area contributed by atoms with Crippen LogP contribution >= 0.6 is 0 Å². The Morgan fingerprint density at radius 1 is 1.47 bits per heavy atom. The van der Waals surface area contributed by atoms with Gasteiger partial charge in [0.1, 0.15) is 0 Å². The summed E-state index contributed by atoms with van der Waals surface area (Å²) in [5.74, 6) is -0.0356. The molecule has 1 aliphatic heterocycles. The topological polar surface area (TPSA) is 84.7 Å². The van der Waals surface area contributed by atoms with Gasteiger partial charge in [0.15, 0.2) is 0 Å². The molecule has 19 heavy (non-hydrogen) atoms. The Bertz CT molecular complexity index is 308. The molecular weight excluding hydrogens is 246 g/mol. The Labute approximate surface area is 114 Å². The van der Waals surface area contributed by atoms with E-state index in [2.05, 4.69) is 5.32 Å². The lowest BCUT2D eigenvalue weighted by atomic mass is 10.1. The van der Waals surface area contributed by atoms with E-state index in [9.17, 15) is 9.59 Å². The molecule has 0 saturated carbocycles. The number of nitrogens with one attached hydrogen (secondary N) is 1. The predicted molar refractivity (Wildman–Crippen MR) is 72.5 cm³/mol. The van der Waals surface area contributed by atoms with E-state index < -0.39 is 0 Å². The number of piperidine rings is 1. The van der Waals surface area contributed by atoms with Crippen molar-refractivity contribution in [1.82, 2.24) is 10.2 Å². The lowest BCUT2D eigenvalue weighted by Crippen LogP contribution is -2.45. The molecule has 1 unspecified atom stereocenters. The number of carbonyl (C=O) groups is 2. The first-order chi connectivity index (χ1) is 9.02. The molecule has 1 atom stereocenters. The van der Waals surface area contributed by atoms with Crippen LogP contribution in [-0.2, 0) is 14.3 Å². The van der Waals surface area contributed by atoms with Crippen LogP contribution in [0.25, 0.3) is 0 Å². The highest BCUT2D eigenvalue weighted by atomic mass is 16.5. The molecular formula is C13H25N3O3. The Hall–Kier alpha value is -1.14. The number of nitrogens with zero attached hydrogens (tertiary/aromatic N) is 1. The summed E-state index contributed by atoms with van der Waals surface area (Å²) < 4.78 is 5.66. The summed E-state index contributed by atoms with van der Waals surface area (Å²) in [6.45, 7) is 5.63. The highest BCUT2D eigenvalue weighted by Gasteiger charge is 2.23. The van der Waals surface area contributed by atoms with Crippen LogP contribution in [0.2, 0.25) is 0 Å². The van der Waals surface area contributed by atoms with Crippen molar-refractivity contribution in [2.75, 3.05) is 26.2 Å². The van der Waals surface area contributed by atoms with E-state index in [1.165, 1.54) is 0 Å². The third kappa shape index (κ3) is 6.02. The zero-order valence-electron chi connectivity index (χ0n) is 11.9. The molecule has 0 aromatic rings. The summed E-state index contributed by atoms with van der Waals surface area (Å²) in [6.07, 6.45) is 2.24. The molecule has 1 rings (SSSR count). The number of amides is 2. The van der Waals surface area contributed by atoms with E-state index in [0.29, 0.717) is 19.6 Å². The molecule has 3 N–H and O–H groups in total. The smallest absolute Gasteiger partial charge is 0.236 e. The second-order valence-corrected chi connectivity index (χ2v) is 5.15. The highest BCUT2D eigenvalue weighted by molar-refractivity contribution is 5.78. The molecule has 0 spiro atoms. The van der Waals surface area contributed by atoms with Crippen molar-refractivity contribution in [3.63, 3.8) is 0 Å². The van der Waals surface area contributed by atoms with Gasteiger partial charge in [-0.3, -0.25) is 9.59 Å². The quantitative estimate of drug-likeness (QED) is 0.704. The van der Waals surface area contributed by atoms with Crippen LogP contribution < -0.4 is 11.1 Å². The molecule has 6 nitrogen and oxygen atoms in total. The maximum Gasteiger partial charge on any atom is 0.236 e. The standard InChI is InChI=1S/C13H25N3O3/c1-10(2)15-12(17)5-7-19-11-4-3-6-16(9-11)13(18)8-14/h10-11H,3-9,14H2,1-2H3,(H,15,17). The number of nitrogens with two attached hydrogens (primary N) is 1. The van der Waals surface area contributed by atoms with Gasteiger partial charge in [-0.25, -0.2) is 0 Å². The summed E-state index contributed by atoms with van der Waals surface area (Å²) in [4.78, 5) is 24.7. The Morgan fingerprint density at radius 3 is 2.84 bits per heavy atom. The monoisotopic (exact) mass is 271 g/mol. The second kappa shape index (κ2) is 8.12. The molecule has 6 heteroatoms. The van der Waals surface area contributed by atoms with Gasteiger partial charge in [-0.15, -0.1) is 0 Å². The molecule has 0 aliphatic carbocycles. The fourth-order valence-corrected chi connectivity index (χ4v) is 2.14. The van der Waals surface area contributed by atoms with E-state index in [4.69, 9.17) is 10.5 Å². The minimum absolute atomic E-state index is 0.000648. The normalized spacial score (nSPS) is 19.6. The van der Waals surface area contributed by atoms with Gasteiger partial charge in [-0.1, -0.05) is 0 Å². The minimum Gasteiger partial charge on any atom is -0.376 e. The fraction of sp³-hybridized carbons (Fsp3) is 0.846. The number of likely N-dealkylation sites (tertiary alicyclic amines) is 1. The molecule has 1 saturated heterocycles. The maximum atomic E-state index is 11.5. The SMILES string of the molecule is CC(C)NC(=O)CCOC1CCCN(C(=O)CN)C1. The lowest BCUT2D eigenvalue weighted by molar-refractivity contribution is -0.134. The van der Waals surface area contributed by atoms with Crippen molar-refractivity contribution < 1.29 is 14.3 Å². The van der Waals surface area contributed by atoms with Crippen LogP contribution in [0.3, 0.4) is 0 Å². The molecule has 1 aliphatic rings. The number of carbonyl (C=O) groups excluding carboxylic acids is 2. The van der Waals surface area contributed by atoms with Crippen molar-refractivity contribution in [1.29, 1.82) is 0 Å². The first-order valence-corrected chi connectivity index (χ1v) is 6.91. The van der Waals surface area contributed by atoms with Gasteiger partial charge >= 0.3 is 0 Å². The summed E-state index contributed by atoms with van der Waals surface area (Å²) in [5.41, 5.74) is 5.35. The Morgan fingerprint density at radius 2 is 2.21 bits per heavy atom. The highest BCUT2D eigenvalue weighted by Crippen LogP contribution is 2.13. The van der Waals surface area contributed by atoms with Crippen LogP contribution in [0.1, 0.15) is 33.1 Å². The Balaban J connectivity index is 2.22. The second-order valence-electron chi connectivity index (χ2n) is 5.15. The van der Waals surface area contributed by atoms with E-state index >= 15 is 0 Å². The summed E-state index contributed by atoms with van der Waals surface area (Å²) >= 11 is 0. The van der Waals surface area contributed by atoms with Crippen LogP contribution in [0.5, 0.6) is 0 Å². The first-order valence-electron chi connectivity index (χ1n) is 6.91. The van der Waals surface area contributed by atoms with Crippen molar-refractivity contribution in [3.8, 4) is 0 Å². The van der Waals surface area contributed by atoms with Crippen molar-refractivity contribution in [2.45, 2.75) is 45.3 Å². The van der Waals surface area contributed by atoms with Crippen molar-refractivity contribution >= 4 is 11.8 Å². The van der Waals surface area contributed by atoms with E-state index in [1.54, 1.807) is 4.90 Å². The third-order valence-electron chi connectivity index (χ3n) is 3.04. The summed E-state index contributed by atoms with van der Waals surface area (Å²) in [7, 11) is 0. The predicted octanol–water partition coefficient (Wildman–Crippen LogP) is -0.133. The summed E-state index contributed by atoms with van der Waals surface area (Å²) in [5, 5.41) is 2.82. The molecule has 110 valence electrons. The maximum absolute atomic E-state index is 11.5. The molecule has 0 aromatic heterocycles. The Kier molecular flexibility index (Phi) is 6.80. The minimum atomic E-state index is -0.0362. The van der Waals surface area contributed by atoms with Gasteiger partial charge < -0.3 is 20.7 Å². The van der Waals surface area contributed by atoms with E-state index in [0.717, 1.165) is 19.4 Å². The number of ether oxygens (including phenoxy) is 1. The van der Waals surface area contributed by atoms with Gasteiger partial charge in [0, 0.05) is 25.6 Å². The van der Waals surface area contributed by atoms with Crippen molar-refractivity contribution in [3.05, 3.63) is 0 Å². The van der Waals surface area contributed by atoms with Crippen LogP contribution in [-0.4, -0.2) is 55.1 Å². The van der Waals surface area contributed by atoms with Gasteiger partial charge in [0.25, 0.3) is 0 Å². The van der Waals surface area contributed by atoms with E-state index in [-0.39, 0.29) is 30.5 Å². The molecule has 2 amide bonds. The molecule has 0 aromatic carbocycles. The first kappa shape index (κ1) is 15.9. The van der Waals surface area contributed by atoms with Crippen LogP contribution in [0, 0.1) is 0 Å². The third-order valence-corrected chi connectivity index (χ3v) is 3.04. The molecule has 0 radical (unpaired) electrons. The van der Waals surface area contributed by atoms with E-state index in [1.807, 2.05) is 13.8 Å². The number of hydrogen-bond donors (Lipinski definition) is 2. The van der Waals surface area contributed by atoms with Gasteiger partial charge in [0.2, 0.25) is 11.8 Å². The molecule has 1 fully saturated rings. The lowest BCUT2D eigenvalue weighted by Gasteiger charge is -2.32. The van der Waals surface area contributed by atoms with Crippen LogP contribution in [0.15, 0.2) is 0 Å². The van der Waals surface area contributed by atoms with Gasteiger partial charge in [-0.05, 0) is 26.7 Å². The molecule has 0 bridgehead atoms. The average Bonchev–Trinajstić information content (AvgIpc) is 2.37. The number of rotatable bonds is 6. The fourth-order valence-electron chi connectivity index (χ4n) is 2.14. The molecule has 1 heterocycles. The van der Waals surface area contributed by atoms with Crippen LogP contribution in [0.4, 0.5) is 0 Å². The number of hydrogen-bond acceptors (Lipinski definition) is 4.